The van der Waals surface area contributed by atoms with Gasteiger partial charge in [0.15, 0.2) is 0 Å². The fourth-order valence-corrected chi connectivity index (χ4v) is 3.02. The van der Waals surface area contributed by atoms with Crippen LogP contribution < -0.4 is 5.32 Å². The first-order valence-electron chi connectivity index (χ1n) is 8.24. The molecule has 0 heterocycles. The summed E-state index contributed by atoms with van der Waals surface area (Å²) in [6.07, 6.45) is 3.75. The molecular formula is C18H28N2O2. The summed E-state index contributed by atoms with van der Waals surface area (Å²) in [6.45, 7) is 0.934. The fourth-order valence-electron chi connectivity index (χ4n) is 3.02. The number of aliphatic hydroxyl groups excluding tert-OH is 1. The lowest BCUT2D eigenvalue weighted by Gasteiger charge is -2.28. The van der Waals surface area contributed by atoms with Crippen LogP contribution in [0.1, 0.15) is 43.7 Å². The lowest BCUT2D eigenvalue weighted by molar-refractivity contribution is -0.127. The molecule has 0 aliphatic heterocycles. The van der Waals surface area contributed by atoms with E-state index in [-0.39, 0.29) is 24.0 Å². The highest BCUT2D eigenvalue weighted by atomic mass is 16.3. The van der Waals surface area contributed by atoms with Crippen LogP contribution in [0.4, 0.5) is 0 Å². The van der Waals surface area contributed by atoms with E-state index in [1.165, 1.54) is 0 Å². The molecule has 0 spiro atoms. The molecule has 1 amide bonds. The van der Waals surface area contributed by atoms with Crippen molar-refractivity contribution in [3.63, 3.8) is 0 Å². The average Bonchev–Trinajstić information content (AvgIpc) is 2.52. The number of nitrogens with zero attached hydrogens (tertiary/aromatic N) is 1. The summed E-state index contributed by atoms with van der Waals surface area (Å²) in [5.41, 5.74) is 1.16. The molecule has 1 aliphatic carbocycles. The van der Waals surface area contributed by atoms with Gasteiger partial charge in [-0.25, -0.2) is 0 Å². The number of carbonyl (C=O) groups excluding carboxylic acids is 1. The third kappa shape index (κ3) is 5.11. The van der Waals surface area contributed by atoms with Gasteiger partial charge in [-0.05, 0) is 58.3 Å². The van der Waals surface area contributed by atoms with E-state index < -0.39 is 0 Å². The zero-order chi connectivity index (χ0) is 15.9. The maximum Gasteiger partial charge on any atom is 0.223 e. The molecule has 1 saturated carbocycles. The van der Waals surface area contributed by atoms with E-state index in [4.69, 9.17) is 0 Å². The second-order valence-electron chi connectivity index (χ2n) is 6.57. The predicted octanol–water partition coefficient (Wildman–Crippen LogP) is 2.35. The van der Waals surface area contributed by atoms with Gasteiger partial charge in [-0.2, -0.15) is 0 Å². The number of aliphatic hydroxyl groups is 1. The Hall–Kier alpha value is -1.39. The number of carbonyl (C=O) groups is 1. The number of hydrogen-bond acceptors (Lipinski definition) is 3. The highest BCUT2D eigenvalue weighted by Gasteiger charge is 2.27. The van der Waals surface area contributed by atoms with Crippen molar-refractivity contribution in [2.75, 3.05) is 20.6 Å². The summed E-state index contributed by atoms with van der Waals surface area (Å²) in [6, 6.07) is 10.2. The summed E-state index contributed by atoms with van der Waals surface area (Å²) in [5.74, 6) is 0.188. The summed E-state index contributed by atoms with van der Waals surface area (Å²) in [7, 11) is 4.10. The molecule has 1 aromatic rings. The standard InChI is InChI=1S/C18H28N2O2/c1-20(2)13-12-17(14-6-4-3-5-7-14)19-18(22)15-8-10-16(21)11-9-15/h3-7,15-17,21H,8-13H2,1-2H3,(H,19,22). The molecule has 2 rings (SSSR count). The number of hydrogen-bond donors (Lipinski definition) is 2. The van der Waals surface area contributed by atoms with Crippen LogP contribution >= 0.6 is 0 Å². The van der Waals surface area contributed by atoms with Crippen molar-refractivity contribution in [2.24, 2.45) is 5.92 Å². The molecule has 0 aromatic heterocycles. The molecule has 0 saturated heterocycles. The van der Waals surface area contributed by atoms with Crippen LogP contribution in [0.3, 0.4) is 0 Å². The Balaban J connectivity index is 1.98. The van der Waals surface area contributed by atoms with Crippen molar-refractivity contribution in [1.29, 1.82) is 0 Å². The fraction of sp³-hybridized carbons (Fsp3) is 0.611. The van der Waals surface area contributed by atoms with Crippen LogP contribution in [0, 0.1) is 5.92 Å². The van der Waals surface area contributed by atoms with Gasteiger partial charge in [0, 0.05) is 5.92 Å². The van der Waals surface area contributed by atoms with E-state index in [0.717, 1.165) is 44.2 Å². The van der Waals surface area contributed by atoms with E-state index in [2.05, 4.69) is 22.3 Å². The third-order valence-electron chi connectivity index (χ3n) is 4.45. The molecule has 1 unspecified atom stereocenters. The molecule has 4 nitrogen and oxygen atoms in total. The maximum atomic E-state index is 12.5. The molecule has 2 N–H and O–H groups in total. The highest BCUT2D eigenvalue weighted by Crippen LogP contribution is 2.26. The third-order valence-corrected chi connectivity index (χ3v) is 4.45. The Kier molecular flexibility index (Phi) is 6.40. The molecule has 0 bridgehead atoms. The molecule has 1 aromatic carbocycles. The number of rotatable bonds is 6. The van der Waals surface area contributed by atoms with Crippen molar-refractivity contribution in [3.05, 3.63) is 35.9 Å². The van der Waals surface area contributed by atoms with Gasteiger partial charge in [-0.1, -0.05) is 30.3 Å². The van der Waals surface area contributed by atoms with Crippen LogP contribution in [-0.2, 0) is 4.79 Å². The minimum atomic E-state index is -0.220. The minimum absolute atomic E-state index is 0.0500. The van der Waals surface area contributed by atoms with E-state index in [9.17, 15) is 9.90 Å². The minimum Gasteiger partial charge on any atom is -0.393 e. The molecule has 1 aliphatic rings. The molecular weight excluding hydrogens is 276 g/mol. The van der Waals surface area contributed by atoms with Gasteiger partial charge in [-0.3, -0.25) is 4.79 Å². The molecule has 4 heteroatoms. The van der Waals surface area contributed by atoms with Gasteiger partial charge in [0.25, 0.3) is 0 Å². The van der Waals surface area contributed by atoms with Crippen molar-refractivity contribution in [1.82, 2.24) is 10.2 Å². The van der Waals surface area contributed by atoms with Crippen molar-refractivity contribution < 1.29 is 9.90 Å². The molecule has 0 radical (unpaired) electrons. The first-order chi connectivity index (χ1) is 10.6. The molecule has 1 atom stereocenters. The van der Waals surface area contributed by atoms with E-state index in [1.54, 1.807) is 0 Å². The summed E-state index contributed by atoms with van der Waals surface area (Å²) < 4.78 is 0. The first kappa shape index (κ1) is 17.0. The first-order valence-corrected chi connectivity index (χ1v) is 8.24. The summed E-state index contributed by atoms with van der Waals surface area (Å²) in [5, 5.41) is 12.8. The lowest BCUT2D eigenvalue weighted by Crippen LogP contribution is -2.37. The predicted molar refractivity (Wildman–Crippen MR) is 88.5 cm³/mol. The van der Waals surface area contributed by atoms with Crippen LogP contribution in [0.5, 0.6) is 0 Å². The smallest absolute Gasteiger partial charge is 0.223 e. The summed E-state index contributed by atoms with van der Waals surface area (Å²) >= 11 is 0. The Morgan fingerprint density at radius 1 is 1.23 bits per heavy atom. The largest absolute Gasteiger partial charge is 0.393 e. The molecule has 1 fully saturated rings. The quantitative estimate of drug-likeness (QED) is 0.848. The number of amides is 1. The second-order valence-corrected chi connectivity index (χ2v) is 6.57. The Labute approximate surface area is 133 Å². The monoisotopic (exact) mass is 304 g/mol. The van der Waals surface area contributed by atoms with E-state index in [0.29, 0.717) is 0 Å². The zero-order valence-electron chi connectivity index (χ0n) is 13.7. The van der Waals surface area contributed by atoms with Gasteiger partial charge in [-0.15, -0.1) is 0 Å². The summed E-state index contributed by atoms with van der Waals surface area (Å²) in [4.78, 5) is 14.7. The number of benzene rings is 1. The van der Waals surface area contributed by atoms with Crippen molar-refractivity contribution >= 4 is 5.91 Å². The van der Waals surface area contributed by atoms with E-state index in [1.807, 2.05) is 32.3 Å². The highest BCUT2D eigenvalue weighted by molar-refractivity contribution is 5.79. The van der Waals surface area contributed by atoms with Gasteiger partial charge < -0.3 is 15.3 Å². The van der Waals surface area contributed by atoms with Gasteiger partial charge in [0.05, 0.1) is 12.1 Å². The van der Waals surface area contributed by atoms with Crippen LogP contribution in [-0.4, -0.2) is 42.7 Å². The Bertz CT molecular complexity index is 453. The van der Waals surface area contributed by atoms with Crippen LogP contribution in [0.25, 0.3) is 0 Å². The van der Waals surface area contributed by atoms with E-state index >= 15 is 0 Å². The normalized spacial score (nSPS) is 23.3. The average molecular weight is 304 g/mol. The zero-order valence-corrected chi connectivity index (χ0v) is 13.7. The lowest BCUT2D eigenvalue weighted by atomic mass is 9.86. The van der Waals surface area contributed by atoms with Crippen LogP contribution in [0.15, 0.2) is 30.3 Å². The molecule has 22 heavy (non-hydrogen) atoms. The van der Waals surface area contributed by atoms with Crippen LogP contribution in [0.2, 0.25) is 0 Å². The topological polar surface area (TPSA) is 52.6 Å². The number of nitrogens with one attached hydrogen (secondary N) is 1. The maximum absolute atomic E-state index is 12.5. The Morgan fingerprint density at radius 3 is 2.45 bits per heavy atom. The Morgan fingerprint density at radius 2 is 1.86 bits per heavy atom. The van der Waals surface area contributed by atoms with Gasteiger partial charge >= 0.3 is 0 Å². The van der Waals surface area contributed by atoms with Crippen molar-refractivity contribution in [3.8, 4) is 0 Å². The van der Waals surface area contributed by atoms with Gasteiger partial charge in [0.2, 0.25) is 5.91 Å². The van der Waals surface area contributed by atoms with Gasteiger partial charge in [0.1, 0.15) is 0 Å². The SMILES string of the molecule is CN(C)CCC(NC(=O)C1CCC(O)CC1)c1ccccc1. The second kappa shape index (κ2) is 8.30. The van der Waals surface area contributed by atoms with Crippen molar-refractivity contribution in [2.45, 2.75) is 44.2 Å². The molecule has 122 valence electrons.